The Kier molecular flexibility index (Phi) is 3.53. The van der Waals surface area contributed by atoms with E-state index in [1.807, 2.05) is 0 Å². The lowest BCUT2D eigenvalue weighted by molar-refractivity contribution is -0.122. The second-order valence-corrected chi connectivity index (χ2v) is 3.45. The Balaban J connectivity index is 2.35. The fourth-order valence-electron chi connectivity index (χ4n) is 1.78. The maximum Gasteiger partial charge on any atom is 0.234 e. The standard InChI is InChI=1S/C9H18N2O/c1-2-3-6-11-7-4-5-8(11)9(10)12/h8H,2-7H2,1H3,(H2,10,12)/t8-/m1/s1. The normalized spacial score (nSPS) is 24.6. The van der Waals surface area contributed by atoms with Crippen molar-refractivity contribution in [1.29, 1.82) is 0 Å². The van der Waals surface area contributed by atoms with Gasteiger partial charge in [0.1, 0.15) is 0 Å². The van der Waals surface area contributed by atoms with Gasteiger partial charge in [0.2, 0.25) is 5.91 Å². The third kappa shape index (κ3) is 2.21. The van der Waals surface area contributed by atoms with E-state index in [2.05, 4.69) is 11.8 Å². The zero-order valence-corrected chi connectivity index (χ0v) is 7.75. The second kappa shape index (κ2) is 4.45. The Morgan fingerprint density at radius 1 is 1.67 bits per heavy atom. The lowest BCUT2D eigenvalue weighted by Crippen LogP contribution is -2.40. The van der Waals surface area contributed by atoms with Crippen molar-refractivity contribution in [2.75, 3.05) is 13.1 Å². The molecule has 0 unspecified atom stereocenters. The number of likely N-dealkylation sites (tertiary alicyclic amines) is 1. The number of unbranched alkanes of at least 4 members (excludes halogenated alkanes) is 1. The van der Waals surface area contributed by atoms with Gasteiger partial charge in [-0.15, -0.1) is 0 Å². The van der Waals surface area contributed by atoms with Crippen molar-refractivity contribution in [3.63, 3.8) is 0 Å². The van der Waals surface area contributed by atoms with Crippen molar-refractivity contribution in [2.45, 2.75) is 38.6 Å². The summed E-state index contributed by atoms with van der Waals surface area (Å²) in [6.45, 7) is 4.24. The predicted molar refractivity (Wildman–Crippen MR) is 48.7 cm³/mol. The Bertz CT molecular complexity index is 159. The van der Waals surface area contributed by atoms with Crippen LogP contribution in [0.4, 0.5) is 0 Å². The fourth-order valence-corrected chi connectivity index (χ4v) is 1.78. The number of carbonyl (C=O) groups is 1. The van der Waals surface area contributed by atoms with Gasteiger partial charge in [0.05, 0.1) is 6.04 Å². The first-order chi connectivity index (χ1) is 5.75. The van der Waals surface area contributed by atoms with Crippen LogP contribution in [0.5, 0.6) is 0 Å². The summed E-state index contributed by atoms with van der Waals surface area (Å²) in [5.74, 6) is -0.149. The molecule has 0 aliphatic carbocycles. The molecule has 1 amide bonds. The van der Waals surface area contributed by atoms with Crippen LogP contribution in [0.3, 0.4) is 0 Å². The quantitative estimate of drug-likeness (QED) is 0.676. The molecule has 1 aliphatic heterocycles. The molecule has 70 valence electrons. The molecule has 0 aromatic heterocycles. The smallest absolute Gasteiger partial charge is 0.234 e. The SMILES string of the molecule is CCCCN1CCC[C@@H]1C(N)=O. The Morgan fingerprint density at radius 2 is 2.42 bits per heavy atom. The molecular weight excluding hydrogens is 152 g/mol. The van der Waals surface area contributed by atoms with Crippen molar-refractivity contribution in [1.82, 2.24) is 4.90 Å². The number of rotatable bonds is 4. The molecule has 1 saturated heterocycles. The third-order valence-electron chi connectivity index (χ3n) is 2.49. The minimum atomic E-state index is -0.149. The highest BCUT2D eigenvalue weighted by Crippen LogP contribution is 2.16. The summed E-state index contributed by atoms with van der Waals surface area (Å²) in [5, 5.41) is 0. The Labute approximate surface area is 73.9 Å². The molecule has 0 saturated carbocycles. The minimum Gasteiger partial charge on any atom is -0.368 e. The molecule has 2 N–H and O–H groups in total. The molecular formula is C9H18N2O. The van der Waals surface area contributed by atoms with Gasteiger partial charge >= 0.3 is 0 Å². The van der Waals surface area contributed by atoms with Gasteiger partial charge in [0.25, 0.3) is 0 Å². The van der Waals surface area contributed by atoms with Crippen LogP contribution in [-0.4, -0.2) is 29.9 Å². The van der Waals surface area contributed by atoms with Gasteiger partial charge in [0, 0.05) is 0 Å². The number of amides is 1. The summed E-state index contributed by atoms with van der Waals surface area (Å²) in [6.07, 6.45) is 4.43. The van der Waals surface area contributed by atoms with Crippen LogP contribution in [0.25, 0.3) is 0 Å². The highest BCUT2D eigenvalue weighted by atomic mass is 16.1. The van der Waals surface area contributed by atoms with Gasteiger partial charge in [-0.3, -0.25) is 9.69 Å². The first-order valence-corrected chi connectivity index (χ1v) is 4.79. The molecule has 1 rings (SSSR count). The maximum atomic E-state index is 11.0. The third-order valence-corrected chi connectivity index (χ3v) is 2.49. The van der Waals surface area contributed by atoms with Crippen LogP contribution in [-0.2, 0) is 4.79 Å². The number of nitrogens with zero attached hydrogens (tertiary/aromatic N) is 1. The summed E-state index contributed by atoms with van der Waals surface area (Å²) in [7, 11) is 0. The average molecular weight is 170 g/mol. The van der Waals surface area contributed by atoms with Gasteiger partial charge < -0.3 is 5.73 Å². The molecule has 1 atom stereocenters. The molecule has 0 radical (unpaired) electrons. The number of hydrogen-bond acceptors (Lipinski definition) is 2. The summed E-state index contributed by atoms with van der Waals surface area (Å²) < 4.78 is 0. The van der Waals surface area contributed by atoms with Gasteiger partial charge in [-0.25, -0.2) is 0 Å². The molecule has 0 spiro atoms. The first kappa shape index (κ1) is 9.52. The average Bonchev–Trinajstić information content (AvgIpc) is 2.48. The zero-order chi connectivity index (χ0) is 8.97. The minimum absolute atomic E-state index is 0.0246. The van der Waals surface area contributed by atoms with E-state index in [-0.39, 0.29) is 11.9 Å². The molecule has 12 heavy (non-hydrogen) atoms. The molecule has 0 bridgehead atoms. The first-order valence-electron chi connectivity index (χ1n) is 4.79. The van der Waals surface area contributed by atoms with E-state index in [4.69, 9.17) is 5.73 Å². The van der Waals surface area contributed by atoms with E-state index in [0.29, 0.717) is 0 Å². The summed E-state index contributed by atoms with van der Waals surface area (Å²) >= 11 is 0. The van der Waals surface area contributed by atoms with Crippen LogP contribution < -0.4 is 5.73 Å². The maximum absolute atomic E-state index is 11.0. The number of hydrogen-bond donors (Lipinski definition) is 1. The zero-order valence-electron chi connectivity index (χ0n) is 7.75. The van der Waals surface area contributed by atoms with Crippen LogP contribution in [0.15, 0.2) is 0 Å². The highest BCUT2D eigenvalue weighted by molar-refractivity contribution is 5.80. The van der Waals surface area contributed by atoms with Crippen LogP contribution in [0, 0.1) is 0 Å². The summed E-state index contributed by atoms with van der Waals surface area (Å²) in [5.41, 5.74) is 5.28. The van der Waals surface area contributed by atoms with Crippen LogP contribution in [0.1, 0.15) is 32.6 Å². The van der Waals surface area contributed by atoms with Crippen LogP contribution in [0.2, 0.25) is 0 Å². The van der Waals surface area contributed by atoms with Crippen molar-refractivity contribution >= 4 is 5.91 Å². The van der Waals surface area contributed by atoms with Gasteiger partial charge in [0.15, 0.2) is 0 Å². The molecule has 1 fully saturated rings. The predicted octanol–water partition coefficient (Wildman–Crippen LogP) is 0.736. The van der Waals surface area contributed by atoms with Crippen molar-refractivity contribution < 1.29 is 4.79 Å². The van der Waals surface area contributed by atoms with Gasteiger partial charge in [-0.2, -0.15) is 0 Å². The molecule has 0 aromatic rings. The van der Waals surface area contributed by atoms with E-state index < -0.39 is 0 Å². The van der Waals surface area contributed by atoms with E-state index in [0.717, 1.165) is 25.9 Å². The topological polar surface area (TPSA) is 46.3 Å². The molecule has 3 heteroatoms. The van der Waals surface area contributed by atoms with E-state index in [1.54, 1.807) is 0 Å². The van der Waals surface area contributed by atoms with Crippen molar-refractivity contribution in [3.05, 3.63) is 0 Å². The molecule has 0 aromatic carbocycles. The lowest BCUT2D eigenvalue weighted by atomic mass is 10.2. The van der Waals surface area contributed by atoms with E-state index in [1.165, 1.54) is 12.8 Å². The Morgan fingerprint density at radius 3 is 3.00 bits per heavy atom. The van der Waals surface area contributed by atoms with E-state index in [9.17, 15) is 4.79 Å². The number of carbonyl (C=O) groups excluding carboxylic acids is 1. The van der Waals surface area contributed by atoms with Crippen molar-refractivity contribution in [3.8, 4) is 0 Å². The second-order valence-electron chi connectivity index (χ2n) is 3.45. The van der Waals surface area contributed by atoms with Crippen LogP contribution >= 0.6 is 0 Å². The summed E-state index contributed by atoms with van der Waals surface area (Å²) in [6, 6.07) is 0.0246. The van der Waals surface area contributed by atoms with Gasteiger partial charge in [-0.1, -0.05) is 13.3 Å². The fraction of sp³-hybridized carbons (Fsp3) is 0.889. The van der Waals surface area contributed by atoms with Crippen molar-refractivity contribution in [2.24, 2.45) is 5.73 Å². The highest BCUT2D eigenvalue weighted by Gasteiger charge is 2.27. The number of nitrogens with two attached hydrogens (primary N) is 1. The molecule has 1 aliphatic rings. The molecule has 3 nitrogen and oxygen atoms in total. The van der Waals surface area contributed by atoms with E-state index >= 15 is 0 Å². The number of primary amides is 1. The Hall–Kier alpha value is -0.570. The van der Waals surface area contributed by atoms with Gasteiger partial charge in [-0.05, 0) is 32.4 Å². The monoisotopic (exact) mass is 170 g/mol. The lowest BCUT2D eigenvalue weighted by Gasteiger charge is -2.20. The molecule has 1 heterocycles. The summed E-state index contributed by atoms with van der Waals surface area (Å²) in [4.78, 5) is 13.2. The largest absolute Gasteiger partial charge is 0.368 e.